The first kappa shape index (κ1) is 25.5. The molecule has 0 aromatic heterocycles. The van der Waals surface area contributed by atoms with Gasteiger partial charge in [-0.25, -0.2) is 0 Å². The summed E-state index contributed by atoms with van der Waals surface area (Å²) >= 11 is 0. The van der Waals surface area contributed by atoms with Gasteiger partial charge in [0.05, 0.1) is 34.9 Å². The molecule has 0 heterocycles. The molecule has 0 aliphatic heterocycles. The van der Waals surface area contributed by atoms with Crippen LogP contribution >= 0.6 is 0 Å². The Balaban J connectivity index is 1.46. The molecule has 0 bridgehead atoms. The molecular formula is C26H37N3O5. The van der Waals surface area contributed by atoms with E-state index in [-0.39, 0.29) is 12.3 Å². The Hall–Kier alpha value is -3.13. The molecule has 3 rings (SSSR count). The summed E-state index contributed by atoms with van der Waals surface area (Å²) in [6, 6.07) is 8.12. The fourth-order valence-electron chi connectivity index (χ4n) is 4.50. The summed E-state index contributed by atoms with van der Waals surface area (Å²) in [6.07, 6.45) is 4.18. The summed E-state index contributed by atoms with van der Waals surface area (Å²) in [5, 5.41) is 3.00. The molecule has 2 aromatic rings. The molecule has 8 nitrogen and oxygen atoms in total. The number of carbonyl (C=O) groups is 1. The third-order valence-electron chi connectivity index (χ3n) is 6.54. The number of amides is 1. The van der Waals surface area contributed by atoms with Gasteiger partial charge in [-0.15, -0.1) is 0 Å². The maximum atomic E-state index is 12.4. The number of methoxy groups -OCH3 is 4. The molecule has 186 valence electrons. The van der Waals surface area contributed by atoms with Gasteiger partial charge in [-0.05, 0) is 74.2 Å². The number of fused-ring (bicyclic) bond motifs is 1. The van der Waals surface area contributed by atoms with Crippen molar-refractivity contribution in [3.8, 4) is 23.0 Å². The highest BCUT2D eigenvalue weighted by Crippen LogP contribution is 2.35. The lowest BCUT2D eigenvalue weighted by Crippen LogP contribution is -2.38. The maximum absolute atomic E-state index is 12.4. The Morgan fingerprint density at radius 1 is 0.971 bits per heavy atom. The highest BCUT2D eigenvalue weighted by molar-refractivity contribution is 5.80. The van der Waals surface area contributed by atoms with E-state index in [1.165, 1.54) is 11.1 Å². The van der Waals surface area contributed by atoms with Gasteiger partial charge in [0.15, 0.2) is 23.0 Å². The fourth-order valence-corrected chi connectivity index (χ4v) is 4.50. The van der Waals surface area contributed by atoms with Crippen LogP contribution in [0.2, 0.25) is 0 Å². The Morgan fingerprint density at radius 2 is 1.56 bits per heavy atom. The number of anilines is 1. The Kier molecular flexibility index (Phi) is 8.87. The van der Waals surface area contributed by atoms with E-state index in [0.717, 1.165) is 49.3 Å². The van der Waals surface area contributed by atoms with Crippen LogP contribution in [0.3, 0.4) is 0 Å². The Labute approximate surface area is 202 Å². The highest BCUT2D eigenvalue weighted by atomic mass is 16.5. The van der Waals surface area contributed by atoms with Gasteiger partial charge in [0.1, 0.15) is 0 Å². The van der Waals surface area contributed by atoms with Crippen LogP contribution in [0, 0.1) is 0 Å². The second kappa shape index (κ2) is 11.8. The number of nitrogens with one attached hydrogen (secondary N) is 1. The summed E-state index contributed by atoms with van der Waals surface area (Å²) < 4.78 is 21.5. The van der Waals surface area contributed by atoms with Crippen LogP contribution in [-0.2, 0) is 24.1 Å². The van der Waals surface area contributed by atoms with Gasteiger partial charge in [0, 0.05) is 24.3 Å². The summed E-state index contributed by atoms with van der Waals surface area (Å²) in [4.78, 5) is 14.8. The Morgan fingerprint density at radius 3 is 2.21 bits per heavy atom. The highest BCUT2D eigenvalue weighted by Gasteiger charge is 2.24. The van der Waals surface area contributed by atoms with E-state index >= 15 is 0 Å². The zero-order chi connectivity index (χ0) is 24.7. The molecule has 2 aromatic carbocycles. The number of benzene rings is 2. The molecule has 8 heteroatoms. The van der Waals surface area contributed by atoms with Gasteiger partial charge < -0.3 is 34.9 Å². The van der Waals surface area contributed by atoms with Crippen LogP contribution in [0.25, 0.3) is 0 Å². The number of nitrogens with two attached hydrogens (primary N) is 1. The predicted octanol–water partition coefficient (Wildman–Crippen LogP) is 2.84. The third kappa shape index (κ3) is 6.05. The third-order valence-corrected chi connectivity index (χ3v) is 6.54. The van der Waals surface area contributed by atoms with Gasteiger partial charge in [0.2, 0.25) is 5.91 Å². The summed E-state index contributed by atoms with van der Waals surface area (Å²) in [7, 11) is 8.62. The van der Waals surface area contributed by atoms with Crippen LogP contribution in [0.15, 0.2) is 24.3 Å². The van der Waals surface area contributed by atoms with Gasteiger partial charge in [0.25, 0.3) is 0 Å². The predicted molar refractivity (Wildman–Crippen MR) is 133 cm³/mol. The molecule has 0 saturated heterocycles. The minimum Gasteiger partial charge on any atom is -0.493 e. The summed E-state index contributed by atoms with van der Waals surface area (Å²) in [5.74, 6) is 2.62. The molecule has 0 saturated carbocycles. The van der Waals surface area contributed by atoms with Crippen molar-refractivity contribution in [1.29, 1.82) is 0 Å². The van der Waals surface area contributed by atoms with E-state index in [2.05, 4.69) is 29.4 Å². The molecule has 1 unspecified atom stereocenters. The van der Waals surface area contributed by atoms with E-state index in [4.69, 9.17) is 24.7 Å². The number of aryl methyl sites for hydroxylation is 1. The molecule has 0 spiro atoms. The number of ether oxygens (including phenoxy) is 4. The number of likely N-dealkylation sites (N-methyl/N-ethyl adjacent to an activating group) is 1. The SMILES string of the molecule is COc1cc(N)c(CC(=O)NCCCN(C)C2CCc3cc(OC)c(OC)cc3C2)cc1OC. The lowest BCUT2D eigenvalue weighted by molar-refractivity contribution is -0.120. The second-order valence-corrected chi connectivity index (χ2v) is 8.64. The average molecular weight is 472 g/mol. The topological polar surface area (TPSA) is 95.3 Å². The first-order valence-electron chi connectivity index (χ1n) is 11.6. The number of rotatable bonds is 11. The molecule has 1 amide bonds. The van der Waals surface area contributed by atoms with Crippen LogP contribution in [-0.4, -0.2) is 65.4 Å². The number of carbonyl (C=O) groups excluding carboxylic acids is 1. The van der Waals surface area contributed by atoms with Gasteiger partial charge in [-0.2, -0.15) is 0 Å². The van der Waals surface area contributed by atoms with Gasteiger partial charge >= 0.3 is 0 Å². The number of nitrogens with zero attached hydrogens (tertiary/aromatic N) is 1. The van der Waals surface area contributed by atoms with Crippen LogP contribution < -0.4 is 30.0 Å². The smallest absolute Gasteiger partial charge is 0.224 e. The van der Waals surface area contributed by atoms with Crippen molar-refractivity contribution >= 4 is 11.6 Å². The standard InChI is InChI=1S/C26H37N3O5/c1-29(20-8-7-17-12-22(31-2)23(32-3)13-18(17)11-20)10-6-9-28-26(30)15-19-14-24(33-4)25(34-5)16-21(19)27/h12-14,16,20H,6-11,15,27H2,1-5H3,(H,28,30). The fraction of sp³-hybridized carbons (Fsp3) is 0.500. The van der Waals surface area contributed by atoms with Crippen molar-refractivity contribution in [3.63, 3.8) is 0 Å². The molecule has 1 atom stereocenters. The quantitative estimate of drug-likeness (QED) is 0.384. The minimum atomic E-state index is -0.0609. The van der Waals surface area contributed by atoms with Crippen molar-refractivity contribution in [2.75, 3.05) is 54.3 Å². The Bertz CT molecular complexity index is 995. The maximum Gasteiger partial charge on any atom is 0.224 e. The number of hydrogen-bond acceptors (Lipinski definition) is 7. The van der Waals surface area contributed by atoms with E-state index in [1.807, 2.05) is 0 Å². The van der Waals surface area contributed by atoms with E-state index < -0.39 is 0 Å². The molecule has 3 N–H and O–H groups in total. The summed E-state index contributed by atoms with van der Waals surface area (Å²) in [6.45, 7) is 1.52. The molecule has 0 fully saturated rings. The van der Waals surface area contributed by atoms with Crippen LogP contribution in [0.1, 0.15) is 29.5 Å². The van der Waals surface area contributed by atoms with Gasteiger partial charge in [-0.3, -0.25) is 4.79 Å². The largest absolute Gasteiger partial charge is 0.493 e. The van der Waals surface area contributed by atoms with E-state index in [9.17, 15) is 4.79 Å². The first-order valence-corrected chi connectivity index (χ1v) is 11.6. The molecule has 0 radical (unpaired) electrons. The number of nitrogen functional groups attached to an aromatic ring is 1. The van der Waals surface area contributed by atoms with E-state index in [0.29, 0.717) is 29.8 Å². The zero-order valence-electron chi connectivity index (χ0n) is 20.9. The van der Waals surface area contributed by atoms with Crippen molar-refractivity contribution in [2.24, 2.45) is 0 Å². The van der Waals surface area contributed by atoms with Crippen LogP contribution in [0.4, 0.5) is 5.69 Å². The zero-order valence-corrected chi connectivity index (χ0v) is 20.9. The van der Waals surface area contributed by atoms with Crippen molar-refractivity contribution < 1.29 is 23.7 Å². The second-order valence-electron chi connectivity index (χ2n) is 8.64. The lowest BCUT2D eigenvalue weighted by atomic mass is 9.87. The van der Waals surface area contributed by atoms with Gasteiger partial charge in [-0.1, -0.05) is 0 Å². The van der Waals surface area contributed by atoms with Crippen LogP contribution in [0.5, 0.6) is 23.0 Å². The normalized spacial score (nSPS) is 14.9. The van der Waals surface area contributed by atoms with E-state index in [1.54, 1.807) is 40.6 Å². The molecule has 1 aliphatic carbocycles. The average Bonchev–Trinajstić information content (AvgIpc) is 2.85. The minimum absolute atomic E-state index is 0.0609. The molecular weight excluding hydrogens is 434 g/mol. The molecule has 34 heavy (non-hydrogen) atoms. The van der Waals surface area contributed by atoms with Crippen molar-refractivity contribution in [2.45, 2.75) is 38.1 Å². The van der Waals surface area contributed by atoms with Crippen molar-refractivity contribution in [3.05, 3.63) is 41.0 Å². The first-order chi connectivity index (χ1) is 16.4. The number of hydrogen-bond donors (Lipinski definition) is 2. The monoisotopic (exact) mass is 471 g/mol. The van der Waals surface area contributed by atoms with Crippen molar-refractivity contribution in [1.82, 2.24) is 10.2 Å². The summed E-state index contributed by atoms with van der Waals surface area (Å²) in [5.41, 5.74) is 9.97. The molecule has 1 aliphatic rings. The lowest BCUT2D eigenvalue weighted by Gasteiger charge is -2.33.